The first-order valence-corrected chi connectivity index (χ1v) is 6.73. The van der Waals surface area contributed by atoms with Crippen LogP contribution in [0.2, 0.25) is 0 Å². The van der Waals surface area contributed by atoms with Crippen molar-refractivity contribution in [1.82, 2.24) is 9.97 Å². The van der Waals surface area contributed by atoms with Crippen molar-refractivity contribution >= 4 is 22.8 Å². The molecule has 1 N–H and O–H groups in total. The summed E-state index contributed by atoms with van der Waals surface area (Å²) in [7, 11) is 0. The molecule has 0 radical (unpaired) electrons. The summed E-state index contributed by atoms with van der Waals surface area (Å²) in [5.74, 6) is 0. The minimum atomic E-state index is 0.949. The summed E-state index contributed by atoms with van der Waals surface area (Å²) in [6, 6.07) is 10.6. The number of hydrogen-bond acceptors (Lipinski definition) is 2. The van der Waals surface area contributed by atoms with Gasteiger partial charge in [-0.15, -0.1) is 0 Å². The van der Waals surface area contributed by atoms with E-state index in [0.29, 0.717) is 0 Å². The fourth-order valence-corrected chi connectivity index (χ4v) is 3.03. The minimum Gasteiger partial charge on any atom is -0.345 e. The van der Waals surface area contributed by atoms with E-state index in [1.54, 1.807) is 11.8 Å². The van der Waals surface area contributed by atoms with Gasteiger partial charge in [0.1, 0.15) is 5.65 Å². The number of hydrogen-bond donors (Lipinski definition) is 1. The lowest BCUT2D eigenvalue weighted by Crippen LogP contribution is -1.81. The van der Waals surface area contributed by atoms with Gasteiger partial charge in [-0.25, -0.2) is 4.98 Å². The van der Waals surface area contributed by atoms with Crippen molar-refractivity contribution in [3.63, 3.8) is 0 Å². The van der Waals surface area contributed by atoms with Crippen LogP contribution in [0.15, 0.2) is 52.5 Å². The molecule has 3 aromatic rings. The van der Waals surface area contributed by atoms with Crippen LogP contribution in [0.4, 0.5) is 0 Å². The van der Waals surface area contributed by atoms with Gasteiger partial charge in [0, 0.05) is 27.6 Å². The number of nitrogens with one attached hydrogen (secondary N) is 1. The molecule has 0 unspecified atom stereocenters. The van der Waals surface area contributed by atoms with Crippen molar-refractivity contribution in [3.8, 4) is 0 Å². The fourth-order valence-electron chi connectivity index (χ4n) is 2.05. The van der Waals surface area contributed by atoms with Crippen LogP contribution in [0.25, 0.3) is 11.0 Å². The molecule has 0 amide bonds. The lowest BCUT2D eigenvalue weighted by molar-refractivity contribution is 1.26. The van der Waals surface area contributed by atoms with Crippen molar-refractivity contribution in [2.24, 2.45) is 0 Å². The zero-order valence-electron chi connectivity index (χ0n) is 10.4. The predicted molar refractivity (Wildman–Crippen MR) is 76.1 cm³/mol. The van der Waals surface area contributed by atoms with Crippen molar-refractivity contribution in [1.29, 1.82) is 0 Å². The molecule has 1 aromatic carbocycles. The molecule has 0 saturated heterocycles. The number of aromatic nitrogens is 2. The number of fused-ring (bicyclic) bond motifs is 1. The molecule has 0 saturated carbocycles. The van der Waals surface area contributed by atoms with E-state index in [1.165, 1.54) is 26.3 Å². The van der Waals surface area contributed by atoms with Crippen LogP contribution in [0.3, 0.4) is 0 Å². The highest BCUT2D eigenvalue weighted by atomic mass is 32.2. The summed E-state index contributed by atoms with van der Waals surface area (Å²) in [5, 5.41) is 1.18. The summed E-state index contributed by atoms with van der Waals surface area (Å²) >= 11 is 1.79. The smallest absolute Gasteiger partial charge is 0.138 e. The van der Waals surface area contributed by atoms with Crippen molar-refractivity contribution in [2.45, 2.75) is 23.6 Å². The summed E-state index contributed by atoms with van der Waals surface area (Å²) in [6.07, 6.45) is 3.84. The normalized spacial score (nSPS) is 11.0. The molecule has 90 valence electrons. The Balaban J connectivity index is 2.01. The SMILES string of the molecule is Cc1ccc(Sc2c[nH]c3ncccc23)c(C)c1. The topological polar surface area (TPSA) is 28.7 Å². The number of pyridine rings is 1. The maximum atomic E-state index is 4.31. The summed E-state index contributed by atoms with van der Waals surface area (Å²) in [5.41, 5.74) is 3.57. The molecular weight excluding hydrogens is 240 g/mol. The third-order valence-electron chi connectivity index (χ3n) is 2.96. The van der Waals surface area contributed by atoms with E-state index in [1.807, 2.05) is 18.5 Å². The van der Waals surface area contributed by atoms with Crippen molar-refractivity contribution in [2.75, 3.05) is 0 Å². The second-order valence-corrected chi connectivity index (χ2v) is 5.51. The molecule has 0 atom stereocenters. The number of H-pyrrole nitrogens is 1. The van der Waals surface area contributed by atoms with E-state index in [4.69, 9.17) is 0 Å². The molecule has 0 aliphatic rings. The molecule has 3 rings (SSSR count). The molecule has 18 heavy (non-hydrogen) atoms. The van der Waals surface area contributed by atoms with Gasteiger partial charge in [-0.05, 0) is 37.6 Å². The van der Waals surface area contributed by atoms with Crippen molar-refractivity contribution in [3.05, 3.63) is 53.9 Å². The Morgan fingerprint density at radius 1 is 1.11 bits per heavy atom. The summed E-state index contributed by atoms with van der Waals surface area (Å²) in [4.78, 5) is 10.0. The molecule has 0 bridgehead atoms. The van der Waals surface area contributed by atoms with Gasteiger partial charge in [0.25, 0.3) is 0 Å². The summed E-state index contributed by atoms with van der Waals surface area (Å²) in [6.45, 7) is 4.28. The Bertz CT molecular complexity index is 701. The maximum Gasteiger partial charge on any atom is 0.138 e. The highest BCUT2D eigenvalue weighted by Gasteiger charge is 2.07. The van der Waals surface area contributed by atoms with Gasteiger partial charge in [-0.1, -0.05) is 29.5 Å². The third-order valence-corrected chi connectivity index (χ3v) is 4.20. The van der Waals surface area contributed by atoms with Crippen LogP contribution in [-0.2, 0) is 0 Å². The molecular formula is C15H14N2S. The van der Waals surface area contributed by atoms with Crippen LogP contribution >= 0.6 is 11.8 Å². The Morgan fingerprint density at radius 2 is 2.00 bits per heavy atom. The van der Waals surface area contributed by atoms with E-state index in [2.05, 4.69) is 48.1 Å². The lowest BCUT2D eigenvalue weighted by Gasteiger charge is -2.05. The van der Waals surface area contributed by atoms with Gasteiger partial charge in [0.05, 0.1) is 0 Å². The Morgan fingerprint density at radius 3 is 2.83 bits per heavy atom. The lowest BCUT2D eigenvalue weighted by atomic mass is 10.2. The molecule has 0 spiro atoms. The van der Waals surface area contributed by atoms with Crippen LogP contribution in [-0.4, -0.2) is 9.97 Å². The number of benzene rings is 1. The standard InChI is InChI=1S/C15H14N2S/c1-10-5-6-13(11(2)8-10)18-14-9-17-15-12(14)4-3-7-16-15/h3-9H,1-2H3,(H,16,17). The quantitative estimate of drug-likeness (QED) is 0.737. The van der Waals surface area contributed by atoms with Gasteiger partial charge in [0.2, 0.25) is 0 Å². The number of aromatic amines is 1. The summed E-state index contributed by atoms with van der Waals surface area (Å²) < 4.78 is 0. The van der Waals surface area contributed by atoms with Gasteiger partial charge in [-0.3, -0.25) is 0 Å². The van der Waals surface area contributed by atoms with Gasteiger partial charge < -0.3 is 4.98 Å². The fraction of sp³-hybridized carbons (Fsp3) is 0.133. The van der Waals surface area contributed by atoms with E-state index in [9.17, 15) is 0 Å². The number of rotatable bonds is 2. The molecule has 0 aliphatic carbocycles. The van der Waals surface area contributed by atoms with Gasteiger partial charge in [-0.2, -0.15) is 0 Å². The average Bonchev–Trinajstić information content (AvgIpc) is 2.76. The Kier molecular flexibility index (Phi) is 2.84. The molecule has 2 heterocycles. The maximum absolute atomic E-state index is 4.31. The molecule has 2 aromatic heterocycles. The molecule has 0 aliphatic heterocycles. The number of aryl methyl sites for hydroxylation is 2. The van der Waals surface area contributed by atoms with E-state index < -0.39 is 0 Å². The molecule has 0 fully saturated rings. The first-order chi connectivity index (χ1) is 8.74. The monoisotopic (exact) mass is 254 g/mol. The highest BCUT2D eigenvalue weighted by Crippen LogP contribution is 2.34. The first-order valence-electron chi connectivity index (χ1n) is 5.91. The highest BCUT2D eigenvalue weighted by molar-refractivity contribution is 7.99. The van der Waals surface area contributed by atoms with Crippen LogP contribution in [0, 0.1) is 13.8 Å². The Hall–Kier alpha value is -1.74. The van der Waals surface area contributed by atoms with Crippen LogP contribution in [0.1, 0.15) is 11.1 Å². The van der Waals surface area contributed by atoms with Crippen LogP contribution in [0.5, 0.6) is 0 Å². The van der Waals surface area contributed by atoms with Gasteiger partial charge in [0.15, 0.2) is 0 Å². The molecule has 2 nitrogen and oxygen atoms in total. The second kappa shape index (κ2) is 4.50. The van der Waals surface area contributed by atoms with Crippen molar-refractivity contribution < 1.29 is 0 Å². The minimum absolute atomic E-state index is 0.949. The zero-order valence-corrected chi connectivity index (χ0v) is 11.2. The largest absolute Gasteiger partial charge is 0.345 e. The molecule has 3 heteroatoms. The zero-order chi connectivity index (χ0) is 12.5. The van der Waals surface area contributed by atoms with Crippen LogP contribution < -0.4 is 0 Å². The van der Waals surface area contributed by atoms with E-state index in [-0.39, 0.29) is 0 Å². The third kappa shape index (κ3) is 2.02. The van der Waals surface area contributed by atoms with E-state index >= 15 is 0 Å². The second-order valence-electron chi connectivity index (χ2n) is 4.42. The van der Waals surface area contributed by atoms with Gasteiger partial charge >= 0.3 is 0 Å². The average molecular weight is 254 g/mol. The number of nitrogens with zero attached hydrogens (tertiary/aromatic N) is 1. The predicted octanol–water partition coefficient (Wildman–Crippen LogP) is 4.33. The first kappa shape index (κ1) is 11.4. The Labute approximate surface area is 110 Å². The van der Waals surface area contributed by atoms with E-state index in [0.717, 1.165) is 5.65 Å².